The summed E-state index contributed by atoms with van der Waals surface area (Å²) in [5.74, 6) is -7.90. The summed E-state index contributed by atoms with van der Waals surface area (Å²) in [4.78, 5) is 10.6. The van der Waals surface area contributed by atoms with Crippen molar-refractivity contribution < 1.29 is 48.7 Å². The van der Waals surface area contributed by atoms with E-state index in [9.17, 15) is 43.9 Å². The van der Waals surface area contributed by atoms with Gasteiger partial charge >= 0.3 is 23.3 Å². The number of carbonyl (C=O) groups is 1. The van der Waals surface area contributed by atoms with Gasteiger partial charge in [0.1, 0.15) is 6.61 Å². The van der Waals surface area contributed by atoms with Gasteiger partial charge in [-0.15, -0.1) is 0 Å². The van der Waals surface area contributed by atoms with Crippen molar-refractivity contribution in [3.05, 3.63) is 12.7 Å². The van der Waals surface area contributed by atoms with Crippen LogP contribution in [0.25, 0.3) is 0 Å². The molecule has 0 saturated carbocycles. The number of ether oxygens (including phenoxy) is 1. The smallest absolute Gasteiger partial charge is 0.461 e. The summed E-state index contributed by atoms with van der Waals surface area (Å²) in [6.07, 6.45) is -6.16. The van der Waals surface area contributed by atoms with Crippen molar-refractivity contribution in [2.24, 2.45) is 0 Å². The van der Waals surface area contributed by atoms with Gasteiger partial charge in [-0.2, -0.15) is 30.7 Å². The van der Waals surface area contributed by atoms with E-state index in [-0.39, 0.29) is 0 Å². The van der Waals surface area contributed by atoms with Gasteiger partial charge in [-0.1, -0.05) is 6.58 Å². The third-order valence-electron chi connectivity index (χ3n) is 2.06. The third kappa shape index (κ3) is 4.09. The van der Waals surface area contributed by atoms with Crippen LogP contribution in [0, 0.1) is 0 Å². The van der Waals surface area contributed by atoms with E-state index in [4.69, 9.17) is 0 Å². The molecular formula is C9H10F7NO4S. The maximum atomic E-state index is 13.1. The minimum absolute atomic E-state index is 0.633. The van der Waals surface area contributed by atoms with E-state index >= 15 is 0 Å². The molecule has 0 radical (unpaired) electrons. The van der Waals surface area contributed by atoms with Crippen LogP contribution in [0.2, 0.25) is 0 Å². The molecule has 13 heteroatoms. The first-order chi connectivity index (χ1) is 9.60. The number of esters is 1. The van der Waals surface area contributed by atoms with Gasteiger partial charge in [-0.3, -0.25) is 0 Å². The zero-order valence-corrected chi connectivity index (χ0v) is 11.6. The van der Waals surface area contributed by atoms with E-state index in [0.29, 0.717) is 6.08 Å². The van der Waals surface area contributed by atoms with Crippen molar-refractivity contribution >= 4 is 16.0 Å². The third-order valence-corrected chi connectivity index (χ3v) is 3.70. The van der Waals surface area contributed by atoms with Crippen LogP contribution in [0.1, 0.15) is 6.92 Å². The zero-order valence-electron chi connectivity index (χ0n) is 10.8. The molecule has 0 aromatic carbocycles. The second-order valence-electron chi connectivity index (χ2n) is 3.95. The van der Waals surface area contributed by atoms with Crippen molar-refractivity contribution in [2.45, 2.75) is 30.3 Å². The number of carbonyl (C=O) groups excluding carboxylic acids is 1. The molecule has 0 fully saturated rings. The molecule has 22 heavy (non-hydrogen) atoms. The Bertz CT molecular complexity index is 529. The Hall–Kier alpha value is -1.37. The van der Waals surface area contributed by atoms with E-state index in [1.165, 1.54) is 0 Å². The molecule has 0 spiro atoms. The fourth-order valence-electron chi connectivity index (χ4n) is 0.973. The first kappa shape index (κ1) is 20.6. The van der Waals surface area contributed by atoms with Crippen LogP contribution < -0.4 is 4.72 Å². The van der Waals surface area contributed by atoms with Crippen molar-refractivity contribution in [3.63, 3.8) is 0 Å². The Kier molecular flexibility index (Phi) is 6.00. The first-order valence-electron chi connectivity index (χ1n) is 5.23. The predicted molar refractivity (Wildman–Crippen MR) is 58.6 cm³/mol. The fourth-order valence-corrected chi connectivity index (χ4v) is 2.17. The summed E-state index contributed by atoms with van der Waals surface area (Å²) in [5, 5.41) is -6.46. The molecule has 0 aliphatic heterocycles. The lowest BCUT2D eigenvalue weighted by molar-refractivity contribution is -0.332. The first-order valence-corrected chi connectivity index (χ1v) is 6.72. The SMILES string of the molecule is C=CC(=O)OCC(C)NS(=O)(=O)C(F)(F)C(F)(F)C(F)(F)F. The molecule has 0 bridgehead atoms. The Balaban J connectivity index is 5.22. The Morgan fingerprint density at radius 1 is 1.23 bits per heavy atom. The van der Waals surface area contributed by atoms with E-state index < -0.39 is 46.0 Å². The molecule has 1 unspecified atom stereocenters. The van der Waals surface area contributed by atoms with Gasteiger partial charge in [0.25, 0.3) is 10.0 Å². The fraction of sp³-hybridized carbons (Fsp3) is 0.667. The second-order valence-corrected chi connectivity index (χ2v) is 5.70. The molecule has 130 valence electrons. The zero-order chi connectivity index (χ0) is 18.0. The van der Waals surface area contributed by atoms with Crippen LogP contribution in [0.3, 0.4) is 0 Å². The quantitative estimate of drug-likeness (QED) is 0.427. The topological polar surface area (TPSA) is 72.5 Å². The molecule has 0 saturated heterocycles. The highest BCUT2D eigenvalue weighted by Gasteiger charge is 2.78. The van der Waals surface area contributed by atoms with Crippen molar-refractivity contribution in [1.29, 1.82) is 0 Å². The number of alkyl halides is 7. The summed E-state index contributed by atoms with van der Waals surface area (Å²) < 4.78 is 114. The molecule has 0 heterocycles. The molecular weight excluding hydrogens is 351 g/mol. The van der Waals surface area contributed by atoms with Gasteiger partial charge in [-0.25, -0.2) is 17.9 Å². The summed E-state index contributed by atoms with van der Waals surface area (Å²) in [7, 11) is -6.42. The minimum atomic E-state index is -6.82. The molecule has 1 N–H and O–H groups in total. The second kappa shape index (κ2) is 6.40. The normalized spacial score (nSPS) is 15.3. The lowest BCUT2D eigenvalue weighted by Gasteiger charge is -2.28. The van der Waals surface area contributed by atoms with Crippen LogP contribution in [0.5, 0.6) is 0 Å². The molecule has 0 aliphatic rings. The number of halogens is 7. The highest BCUT2D eigenvalue weighted by atomic mass is 32.2. The molecule has 0 aromatic rings. The van der Waals surface area contributed by atoms with Gasteiger partial charge < -0.3 is 4.74 Å². The van der Waals surface area contributed by atoms with E-state index in [0.717, 1.165) is 11.6 Å². The highest BCUT2D eigenvalue weighted by Crippen LogP contribution is 2.48. The van der Waals surface area contributed by atoms with Crippen molar-refractivity contribution in [2.75, 3.05) is 6.61 Å². The molecule has 0 rings (SSSR count). The maximum Gasteiger partial charge on any atom is 0.461 e. The van der Waals surface area contributed by atoms with Crippen LogP contribution >= 0.6 is 0 Å². The van der Waals surface area contributed by atoms with Crippen LogP contribution in [0.4, 0.5) is 30.7 Å². The molecule has 0 aliphatic carbocycles. The largest absolute Gasteiger partial charge is 0.461 e. The van der Waals surface area contributed by atoms with Gasteiger partial charge in [0, 0.05) is 6.08 Å². The highest BCUT2D eigenvalue weighted by molar-refractivity contribution is 7.90. The molecule has 5 nitrogen and oxygen atoms in total. The number of hydrogen-bond acceptors (Lipinski definition) is 4. The number of sulfonamides is 1. The van der Waals surface area contributed by atoms with Crippen LogP contribution in [-0.2, 0) is 19.6 Å². The summed E-state index contributed by atoms with van der Waals surface area (Å²) in [5.41, 5.74) is 0. The van der Waals surface area contributed by atoms with Crippen molar-refractivity contribution in [3.8, 4) is 0 Å². The minimum Gasteiger partial charge on any atom is -0.461 e. The lowest BCUT2D eigenvalue weighted by atomic mass is 10.3. The average molecular weight is 361 g/mol. The van der Waals surface area contributed by atoms with Crippen LogP contribution in [0.15, 0.2) is 12.7 Å². The van der Waals surface area contributed by atoms with Gasteiger partial charge in [0.2, 0.25) is 0 Å². The monoisotopic (exact) mass is 361 g/mol. The van der Waals surface area contributed by atoms with Gasteiger partial charge in [0.05, 0.1) is 6.04 Å². The van der Waals surface area contributed by atoms with Gasteiger partial charge in [-0.05, 0) is 6.92 Å². The number of rotatable bonds is 7. The Labute approximate surface area is 120 Å². The summed E-state index contributed by atoms with van der Waals surface area (Å²) >= 11 is 0. The maximum absolute atomic E-state index is 13.1. The molecule has 0 aromatic heterocycles. The molecule has 1 atom stereocenters. The van der Waals surface area contributed by atoms with Crippen LogP contribution in [-0.4, -0.2) is 44.4 Å². The number of hydrogen-bond donors (Lipinski definition) is 1. The average Bonchev–Trinajstić information content (AvgIpc) is 2.33. The Morgan fingerprint density at radius 2 is 1.68 bits per heavy atom. The Morgan fingerprint density at radius 3 is 2.05 bits per heavy atom. The van der Waals surface area contributed by atoms with Crippen molar-refractivity contribution in [1.82, 2.24) is 4.72 Å². The van der Waals surface area contributed by atoms with E-state index in [2.05, 4.69) is 11.3 Å². The standard InChI is InChI=1S/C9H10F7NO4S/c1-3-6(18)21-4-5(2)17-22(19,20)9(15,16)7(10,11)8(12,13)14/h3,5,17H,1,4H2,2H3. The lowest BCUT2D eigenvalue weighted by Crippen LogP contribution is -2.60. The van der Waals surface area contributed by atoms with E-state index in [1.807, 2.05) is 0 Å². The molecule has 0 amide bonds. The van der Waals surface area contributed by atoms with Gasteiger partial charge in [0.15, 0.2) is 0 Å². The van der Waals surface area contributed by atoms with E-state index in [1.54, 1.807) is 0 Å². The number of nitrogens with one attached hydrogen (secondary N) is 1. The summed E-state index contributed by atoms with van der Waals surface area (Å²) in [6, 6.07) is -1.69. The predicted octanol–water partition coefficient (Wildman–Crippen LogP) is 1.81. The summed E-state index contributed by atoms with van der Waals surface area (Å²) in [6.45, 7) is 2.86.